The van der Waals surface area contributed by atoms with Gasteiger partial charge in [-0.2, -0.15) is 0 Å². The first-order valence-electron chi connectivity index (χ1n) is 6.83. The van der Waals surface area contributed by atoms with Crippen LogP contribution in [0.25, 0.3) is 0 Å². The molecule has 1 aromatic rings. The van der Waals surface area contributed by atoms with Crippen molar-refractivity contribution in [1.29, 1.82) is 0 Å². The standard InChI is InChI=1S/C14H17NO6/c1-4-19-13(18)10-7(16)5-9(17)15-6-8-12(11(10)15)21-14(2,3)20-8/h5,8,12,16H,4,6H2,1-3H3/t8-,12-/m1/s1. The largest absolute Gasteiger partial charge is 0.507 e. The fourth-order valence-electron chi connectivity index (χ4n) is 2.93. The van der Waals surface area contributed by atoms with E-state index in [9.17, 15) is 14.7 Å². The highest BCUT2D eigenvalue weighted by Crippen LogP contribution is 2.44. The summed E-state index contributed by atoms with van der Waals surface area (Å²) in [7, 11) is 0. The number of rotatable bonds is 2. The zero-order chi connectivity index (χ0) is 15.4. The van der Waals surface area contributed by atoms with Crippen molar-refractivity contribution >= 4 is 5.97 Å². The summed E-state index contributed by atoms with van der Waals surface area (Å²) in [5.41, 5.74) is -0.0887. The SMILES string of the molecule is CCOC(=O)c1c(O)cc(=O)n2c1[C@@H]1OC(C)(C)O[C@@H]1C2. The van der Waals surface area contributed by atoms with E-state index in [1.165, 1.54) is 4.57 Å². The number of carbonyl (C=O) groups excluding carboxylic acids is 1. The molecule has 2 atom stereocenters. The molecular weight excluding hydrogens is 278 g/mol. The maximum atomic E-state index is 12.1. The Labute approximate surface area is 121 Å². The van der Waals surface area contributed by atoms with Crippen LogP contribution in [-0.2, 0) is 20.8 Å². The Morgan fingerprint density at radius 2 is 2.24 bits per heavy atom. The average molecular weight is 295 g/mol. The number of fused-ring (bicyclic) bond motifs is 3. The number of carbonyl (C=O) groups is 1. The molecule has 21 heavy (non-hydrogen) atoms. The smallest absolute Gasteiger partial charge is 0.343 e. The van der Waals surface area contributed by atoms with Crippen molar-refractivity contribution < 1.29 is 24.1 Å². The van der Waals surface area contributed by atoms with Crippen molar-refractivity contribution in [3.8, 4) is 5.75 Å². The number of aromatic nitrogens is 1. The van der Waals surface area contributed by atoms with Gasteiger partial charge in [0.05, 0.1) is 18.8 Å². The van der Waals surface area contributed by atoms with Crippen molar-refractivity contribution in [3.63, 3.8) is 0 Å². The molecular formula is C14H17NO6. The predicted molar refractivity (Wildman–Crippen MR) is 71.1 cm³/mol. The summed E-state index contributed by atoms with van der Waals surface area (Å²) < 4.78 is 17.9. The molecule has 2 aliphatic rings. The topological polar surface area (TPSA) is 87.0 Å². The Bertz CT molecular complexity index is 662. The molecule has 0 aliphatic carbocycles. The summed E-state index contributed by atoms with van der Waals surface area (Å²) in [6.45, 7) is 5.66. The summed E-state index contributed by atoms with van der Waals surface area (Å²) in [5.74, 6) is -1.86. The lowest BCUT2D eigenvalue weighted by molar-refractivity contribution is -0.151. The highest BCUT2D eigenvalue weighted by Gasteiger charge is 2.49. The Morgan fingerprint density at radius 3 is 2.90 bits per heavy atom. The molecule has 7 heteroatoms. The number of esters is 1. The molecule has 1 aromatic heterocycles. The van der Waals surface area contributed by atoms with E-state index in [-0.39, 0.29) is 24.8 Å². The van der Waals surface area contributed by atoms with Crippen LogP contribution >= 0.6 is 0 Å². The number of hydrogen-bond acceptors (Lipinski definition) is 6. The van der Waals surface area contributed by atoms with Crippen LogP contribution in [0.5, 0.6) is 5.75 Å². The molecule has 0 unspecified atom stereocenters. The van der Waals surface area contributed by atoms with Gasteiger partial charge in [-0.1, -0.05) is 0 Å². The van der Waals surface area contributed by atoms with Gasteiger partial charge in [-0.15, -0.1) is 0 Å². The van der Waals surface area contributed by atoms with Crippen LogP contribution in [0.1, 0.15) is 42.9 Å². The van der Waals surface area contributed by atoms with Crippen LogP contribution in [0.15, 0.2) is 10.9 Å². The van der Waals surface area contributed by atoms with E-state index < -0.39 is 29.2 Å². The van der Waals surface area contributed by atoms with Gasteiger partial charge < -0.3 is 23.9 Å². The van der Waals surface area contributed by atoms with Gasteiger partial charge in [0.2, 0.25) is 0 Å². The van der Waals surface area contributed by atoms with Crippen LogP contribution in [0, 0.1) is 0 Å². The zero-order valence-electron chi connectivity index (χ0n) is 12.1. The quantitative estimate of drug-likeness (QED) is 0.817. The van der Waals surface area contributed by atoms with Crippen molar-refractivity contribution in [2.45, 2.75) is 45.3 Å². The Balaban J connectivity index is 2.15. The fraction of sp³-hybridized carbons (Fsp3) is 0.571. The maximum absolute atomic E-state index is 12.1. The Hall–Kier alpha value is -1.86. The first-order chi connectivity index (χ1) is 9.84. The zero-order valence-corrected chi connectivity index (χ0v) is 12.1. The van der Waals surface area contributed by atoms with Crippen LogP contribution in [0.2, 0.25) is 0 Å². The molecule has 0 bridgehead atoms. The lowest BCUT2D eigenvalue weighted by Gasteiger charge is -2.20. The molecule has 0 aromatic carbocycles. The van der Waals surface area contributed by atoms with E-state index in [1.807, 2.05) is 0 Å². The molecule has 1 saturated heterocycles. The summed E-state index contributed by atoms with van der Waals surface area (Å²) in [4.78, 5) is 24.1. The van der Waals surface area contributed by atoms with Gasteiger partial charge in [0.1, 0.15) is 23.5 Å². The molecule has 1 N–H and O–H groups in total. The molecule has 0 spiro atoms. The predicted octanol–water partition coefficient (Wildman–Crippen LogP) is 0.937. The molecule has 0 radical (unpaired) electrons. The summed E-state index contributed by atoms with van der Waals surface area (Å²) in [5, 5.41) is 9.99. The van der Waals surface area contributed by atoms with E-state index in [0.29, 0.717) is 5.69 Å². The number of nitrogens with zero attached hydrogens (tertiary/aromatic N) is 1. The van der Waals surface area contributed by atoms with Gasteiger partial charge in [-0.05, 0) is 20.8 Å². The van der Waals surface area contributed by atoms with Gasteiger partial charge >= 0.3 is 5.97 Å². The second-order valence-corrected chi connectivity index (χ2v) is 5.55. The summed E-state index contributed by atoms with van der Waals surface area (Å²) in [6.07, 6.45) is -0.929. The van der Waals surface area contributed by atoms with E-state index in [4.69, 9.17) is 14.2 Å². The molecule has 0 amide bonds. The van der Waals surface area contributed by atoms with E-state index in [2.05, 4.69) is 0 Å². The van der Waals surface area contributed by atoms with Gasteiger partial charge in [0.25, 0.3) is 5.56 Å². The summed E-state index contributed by atoms with van der Waals surface area (Å²) in [6, 6.07) is 1.02. The number of aromatic hydroxyl groups is 1. The highest BCUT2D eigenvalue weighted by molar-refractivity contribution is 5.94. The lowest BCUT2D eigenvalue weighted by atomic mass is 10.1. The van der Waals surface area contributed by atoms with Gasteiger partial charge in [-0.3, -0.25) is 4.79 Å². The van der Waals surface area contributed by atoms with E-state index in [1.54, 1.807) is 20.8 Å². The lowest BCUT2D eigenvalue weighted by Crippen LogP contribution is -2.28. The number of hydrogen-bond donors (Lipinski definition) is 1. The third-order valence-electron chi connectivity index (χ3n) is 3.62. The van der Waals surface area contributed by atoms with Crippen molar-refractivity contribution in [2.75, 3.05) is 6.61 Å². The minimum atomic E-state index is -0.798. The molecule has 0 saturated carbocycles. The van der Waals surface area contributed by atoms with Crippen molar-refractivity contribution in [2.24, 2.45) is 0 Å². The minimum Gasteiger partial charge on any atom is -0.507 e. The molecule has 3 rings (SSSR count). The second-order valence-electron chi connectivity index (χ2n) is 5.55. The summed E-state index contributed by atoms with van der Waals surface area (Å²) >= 11 is 0. The highest BCUT2D eigenvalue weighted by atomic mass is 16.8. The number of pyridine rings is 1. The van der Waals surface area contributed by atoms with Gasteiger partial charge in [0.15, 0.2) is 5.79 Å². The van der Waals surface area contributed by atoms with Gasteiger partial charge in [-0.25, -0.2) is 4.79 Å². The van der Waals surface area contributed by atoms with Crippen LogP contribution < -0.4 is 5.56 Å². The van der Waals surface area contributed by atoms with Crippen molar-refractivity contribution in [1.82, 2.24) is 4.57 Å². The molecule has 1 fully saturated rings. The van der Waals surface area contributed by atoms with E-state index in [0.717, 1.165) is 6.07 Å². The molecule has 3 heterocycles. The maximum Gasteiger partial charge on any atom is 0.343 e. The fourth-order valence-corrected chi connectivity index (χ4v) is 2.93. The first-order valence-corrected chi connectivity index (χ1v) is 6.83. The third kappa shape index (κ3) is 2.13. The molecule has 114 valence electrons. The normalized spacial score (nSPS) is 25.5. The van der Waals surface area contributed by atoms with Crippen molar-refractivity contribution in [3.05, 3.63) is 27.7 Å². The second kappa shape index (κ2) is 4.57. The number of ether oxygens (including phenoxy) is 3. The minimum absolute atomic E-state index is 0.0229. The third-order valence-corrected chi connectivity index (χ3v) is 3.62. The molecule has 2 aliphatic heterocycles. The van der Waals surface area contributed by atoms with Gasteiger partial charge in [0, 0.05) is 6.07 Å². The van der Waals surface area contributed by atoms with E-state index >= 15 is 0 Å². The van der Waals surface area contributed by atoms with Crippen LogP contribution in [0.4, 0.5) is 0 Å². The first kappa shape index (κ1) is 14.1. The van der Waals surface area contributed by atoms with Crippen LogP contribution in [-0.4, -0.2) is 34.1 Å². The average Bonchev–Trinajstić information content (AvgIpc) is 2.83. The monoisotopic (exact) mass is 295 g/mol. The Morgan fingerprint density at radius 1 is 1.52 bits per heavy atom. The van der Waals surface area contributed by atoms with Crippen LogP contribution in [0.3, 0.4) is 0 Å². The Kier molecular flexibility index (Phi) is 3.07. The molecule has 7 nitrogen and oxygen atoms in total.